The SMILES string of the molecule is C=C(C)C[C@@H](c1c(Br)ccc(C#N)c1O)N1CCNCC1. The van der Waals surface area contributed by atoms with Gasteiger partial charge in [-0.25, -0.2) is 0 Å². The number of benzene rings is 1. The molecule has 112 valence electrons. The van der Waals surface area contributed by atoms with E-state index in [1.54, 1.807) is 6.07 Å². The van der Waals surface area contributed by atoms with Crippen molar-refractivity contribution in [2.24, 2.45) is 0 Å². The van der Waals surface area contributed by atoms with Gasteiger partial charge in [0.15, 0.2) is 0 Å². The van der Waals surface area contributed by atoms with Crippen LogP contribution in [0.4, 0.5) is 0 Å². The van der Waals surface area contributed by atoms with Gasteiger partial charge in [0.25, 0.3) is 0 Å². The molecule has 0 spiro atoms. The van der Waals surface area contributed by atoms with E-state index in [0.717, 1.165) is 48.2 Å². The van der Waals surface area contributed by atoms with Crippen LogP contribution in [0.5, 0.6) is 5.75 Å². The zero-order valence-corrected chi connectivity index (χ0v) is 13.8. The number of piperazine rings is 1. The van der Waals surface area contributed by atoms with Crippen LogP contribution in [-0.2, 0) is 0 Å². The van der Waals surface area contributed by atoms with Crippen LogP contribution in [0.2, 0.25) is 0 Å². The van der Waals surface area contributed by atoms with Gasteiger partial charge in [0.05, 0.1) is 5.56 Å². The van der Waals surface area contributed by atoms with Crippen LogP contribution < -0.4 is 5.32 Å². The molecular weight excluding hydrogens is 330 g/mol. The van der Waals surface area contributed by atoms with Gasteiger partial charge in [-0.15, -0.1) is 6.58 Å². The number of nitrogens with one attached hydrogen (secondary N) is 1. The van der Waals surface area contributed by atoms with Gasteiger partial charge in [0, 0.05) is 42.3 Å². The second-order valence-electron chi connectivity index (χ2n) is 5.43. The van der Waals surface area contributed by atoms with E-state index < -0.39 is 0 Å². The van der Waals surface area contributed by atoms with E-state index in [4.69, 9.17) is 5.26 Å². The summed E-state index contributed by atoms with van der Waals surface area (Å²) in [4.78, 5) is 2.34. The number of halogens is 1. The maximum Gasteiger partial charge on any atom is 0.139 e. The number of nitrogens with zero attached hydrogens (tertiary/aromatic N) is 2. The first-order chi connectivity index (χ1) is 10.0. The van der Waals surface area contributed by atoms with Gasteiger partial charge in [0.1, 0.15) is 11.8 Å². The normalized spacial score (nSPS) is 17.2. The minimum atomic E-state index is 0.0345. The van der Waals surface area contributed by atoms with Crippen LogP contribution in [0.25, 0.3) is 0 Å². The smallest absolute Gasteiger partial charge is 0.139 e. The second kappa shape index (κ2) is 7.08. The van der Waals surface area contributed by atoms with E-state index in [2.05, 4.69) is 32.7 Å². The molecule has 0 radical (unpaired) electrons. The van der Waals surface area contributed by atoms with E-state index in [1.165, 1.54) is 0 Å². The number of aromatic hydroxyl groups is 1. The Labute approximate surface area is 134 Å². The summed E-state index contributed by atoms with van der Waals surface area (Å²) in [6, 6.07) is 5.56. The summed E-state index contributed by atoms with van der Waals surface area (Å²) in [5.41, 5.74) is 2.17. The van der Waals surface area contributed by atoms with Crippen LogP contribution >= 0.6 is 15.9 Å². The molecule has 5 heteroatoms. The predicted molar refractivity (Wildman–Crippen MR) is 87.1 cm³/mol. The molecule has 2 rings (SSSR count). The van der Waals surface area contributed by atoms with Crippen molar-refractivity contribution in [1.82, 2.24) is 10.2 Å². The Bertz CT molecular complexity index is 574. The largest absolute Gasteiger partial charge is 0.506 e. The Morgan fingerprint density at radius 3 is 2.76 bits per heavy atom. The van der Waals surface area contributed by atoms with Crippen LogP contribution in [0.3, 0.4) is 0 Å². The second-order valence-corrected chi connectivity index (χ2v) is 6.29. The predicted octanol–water partition coefficient (Wildman–Crippen LogP) is 2.94. The Morgan fingerprint density at radius 2 is 2.19 bits per heavy atom. The molecule has 21 heavy (non-hydrogen) atoms. The maximum atomic E-state index is 10.5. The molecule has 0 aromatic heterocycles. The number of nitriles is 1. The highest BCUT2D eigenvalue weighted by molar-refractivity contribution is 9.10. The van der Waals surface area contributed by atoms with E-state index in [-0.39, 0.29) is 11.8 Å². The van der Waals surface area contributed by atoms with Gasteiger partial charge in [-0.05, 0) is 25.5 Å². The number of rotatable bonds is 4. The van der Waals surface area contributed by atoms with Gasteiger partial charge < -0.3 is 10.4 Å². The number of phenolic OH excluding ortho intramolecular Hbond substituents is 1. The monoisotopic (exact) mass is 349 g/mol. The first kappa shape index (κ1) is 16.0. The van der Waals surface area contributed by atoms with Gasteiger partial charge >= 0.3 is 0 Å². The van der Waals surface area contributed by atoms with Crippen molar-refractivity contribution in [2.75, 3.05) is 26.2 Å². The lowest BCUT2D eigenvalue weighted by Gasteiger charge is -2.36. The third-order valence-electron chi connectivity index (χ3n) is 3.75. The molecule has 2 N–H and O–H groups in total. The summed E-state index contributed by atoms with van der Waals surface area (Å²) < 4.78 is 0.837. The molecule has 1 heterocycles. The first-order valence-electron chi connectivity index (χ1n) is 7.05. The van der Waals surface area contributed by atoms with Crippen molar-refractivity contribution in [3.05, 3.63) is 39.9 Å². The molecule has 0 amide bonds. The van der Waals surface area contributed by atoms with Crippen molar-refractivity contribution in [1.29, 1.82) is 5.26 Å². The number of hydrogen-bond donors (Lipinski definition) is 2. The topological polar surface area (TPSA) is 59.3 Å². The minimum Gasteiger partial charge on any atom is -0.506 e. The number of hydrogen-bond acceptors (Lipinski definition) is 4. The molecule has 1 fully saturated rings. The maximum absolute atomic E-state index is 10.5. The Balaban J connectivity index is 2.45. The van der Waals surface area contributed by atoms with Crippen molar-refractivity contribution in [2.45, 2.75) is 19.4 Å². The van der Waals surface area contributed by atoms with Gasteiger partial charge in [-0.2, -0.15) is 5.26 Å². The number of phenols is 1. The molecule has 1 aromatic rings. The summed E-state index contributed by atoms with van der Waals surface area (Å²) >= 11 is 3.53. The standard InChI is InChI=1S/C16H20BrN3O/c1-11(2)9-14(20-7-5-19-6-8-20)15-13(17)4-3-12(10-18)16(15)21/h3-4,14,19,21H,1,5-9H2,2H3/t14-/m0/s1. The summed E-state index contributed by atoms with van der Waals surface area (Å²) in [6.45, 7) is 9.71. The molecular formula is C16H20BrN3O. The summed E-state index contributed by atoms with van der Waals surface area (Å²) in [5, 5.41) is 22.9. The molecule has 0 unspecified atom stereocenters. The molecule has 1 aromatic carbocycles. The van der Waals surface area contributed by atoms with Crippen LogP contribution in [0, 0.1) is 11.3 Å². The third-order valence-corrected chi connectivity index (χ3v) is 4.44. The lowest BCUT2D eigenvalue weighted by molar-refractivity contribution is 0.169. The van der Waals surface area contributed by atoms with Crippen molar-refractivity contribution in [3.63, 3.8) is 0 Å². The summed E-state index contributed by atoms with van der Waals surface area (Å²) in [7, 11) is 0. The highest BCUT2D eigenvalue weighted by Gasteiger charge is 2.27. The lowest BCUT2D eigenvalue weighted by atomic mass is 9.95. The molecule has 1 aliphatic rings. The molecule has 0 bridgehead atoms. The third kappa shape index (κ3) is 3.65. The molecule has 1 atom stereocenters. The fourth-order valence-electron chi connectivity index (χ4n) is 2.73. The molecule has 0 aliphatic carbocycles. The van der Waals surface area contributed by atoms with Gasteiger partial charge in [-0.3, -0.25) is 4.90 Å². The molecule has 0 saturated carbocycles. The Kier molecular flexibility index (Phi) is 5.40. The van der Waals surface area contributed by atoms with E-state index in [0.29, 0.717) is 5.56 Å². The quantitative estimate of drug-likeness (QED) is 0.820. The van der Waals surface area contributed by atoms with Crippen molar-refractivity contribution in [3.8, 4) is 11.8 Å². The van der Waals surface area contributed by atoms with Crippen LogP contribution in [0.1, 0.15) is 30.5 Å². The van der Waals surface area contributed by atoms with Crippen LogP contribution in [0.15, 0.2) is 28.8 Å². The molecule has 1 saturated heterocycles. The summed E-state index contributed by atoms with van der Waals surface area (Å²) in [5.74, 6) is 0.0802. The first-order valence-corrected chi connectivity index (χ1v) is 7.84. The molecule has 4 nitrogen and oxygen atoms in total. The Hall–Kier alpha value is -1.35. The highest BCUT2D eigenvalue weighted by atomic mass is 79.9. The van der Waals surface area contributed by atoms with Crippen LogP contribution in [-0.4, -0.2) is 36.2 Å². The van der Waals surface area contributed by atoms with Crippen molar-refractivity contribution < 1.29 is 5.11 Å². The van der Waals surface area contributed by atoms with E-state index >= 15 is 0 Å². The fourth-order valence-corrected chi connectivity index (χ4v) is 3.31. The average Bonchev–Trinajstić information content (AvgIpc) is 2.47. The summed E-state index contributed by atoms with van der Waals surface area (Å²) in [6.07, 6.45) is 0.765. The van der Waals surface area contributed by atoms with E-state index in [1.807, 2.05) is 19.1 Å². The fraction of sp³-hybridized carbons (Fsp3) is 0.438. The zero-order chi connectivity index (χ0) is 15.4. The highest BCUT2D eigenvalue weighted by Crippen LogP contribution is 2.40. The Morgan fingerprint density at radius 1 is 1.52 bits per heavy atom. The van der Waals surface area contributed by atoms with E-state index in [9.17, 15) is 5.11 Å². The zero-order valence-electron chi connectivity index (χ0n) is 12.2. The van der Waals surface area contributed by atoms with Gasteiger partial charge in [0.2, 0.25) is 0 Å². The average molecular weight is 350 g/mol. The lowest BCUT2D eigenvalue weighted by Crippen LogP contribution is -2.45. The minimum absolute atomic E-state index is 0.0345. The van der Waals surface area contributed by atoms with Crippen molar-refractivity contribution >= 4 is 15.9 Å². The molecule has 1 aliphatic heterocycles. The van der Waals surface area contributed by atoms with Gasteiger partial charge in [-0.1, -0.05) is 21.5 Å².